The second-order valence-electron chi connectivity index (χ2n) is 4.21. The van der Waals surface area contributed by atoms with Gasteiger partial charge in [0.05, 0.1) is 4.90 Å². The average molecular weight is 322 g/mol. The van der Waals surface area contributed by atoms with Crippen molar-refractivity contribution < 1.29 is 12.8 Å². The van der Waals surface area contributed by atoms with E-state index < -0.39 is 15.8 Å². The lowest BCUT2D eigenvalue weighted by Crippen LogP contribution is -2.27. The fourth-order valence-electron chi connectivity index (χ4n) is 1.80. The fourth-order valence-corrected chi connectivity index (χ4v) is 4.17. The molecule has 0 aromatic heterocycles. The van der Waals surface area contributed by atoms with Crippen molar-refractivity contribution in [2.24, 2.45) is 5.92 Å². The molecule has 0 bridgehead atoms. The monoisotopic (exact) mass is 321 g/mol. The summed E-state index contributed by atoms with van der Waals surface area (Å²) in [5.74, 6) is -0.0299. The van der Waals surface area contributed by atoms with Crippen molar-refractivity contribution in [3.05, 3.63) is 28.5 Å². The molecule has 0 saturated heterocycles. The molecular weight excluding hydrogens is 309 g/mol. The minimum atomic E-state index is -3.55. The molecule has 1 N–H and O–H groups in total. The van der Waals surface area contributed by atoms with Crippen LogP contribution in [0.5, 0.6) is 0 Å². The number of benzene rings is 1. The van der Waals surface area contributed by atoms with E-state index in [0.29, 0.717) is 5.92 Å². The third-order valence-electron chi connectivity index (χ3n) is 2.94. The maximum atomic E-state index is 12.9. The van der Waals surface area contributed by atoms with Gasteiger partial charge in [0.25, 0.3) is 0 Å². The van der Waals surface area contributed by atoms with Crippen LogP contribution in [0.2, 0.25) is 0 Å². The molecular formula is C11H13BrFNO2S. The van der Waals surface area contributed by atoms with Gasteiger partial charge in [0.1, 0.15) is 5.82 Å². The molecule has 0 amide bonds. The number of hydrogen-bond donors (Lipinski definition) is 1. The summed E-state index contributed by atoms with van der Waals surface area (Å²) >= 11 is 3.07. The summed E-state index contributed by atoms with van der Waals surface area (Å²) in [6.45, 7) is 2.03. The fraction of sp³-hybridized carbons (Fsp3) is 0.455. The van der Waals surface area contributed by atoms with Crippen molar-refractivity contribution in [2.45, 2.75) is 30.7 Å². The largest absolute Gasteiger partial charge is 0.241 e. The molecule has 6 heteroatoms. The Kier molecular flexibility index (Phi) is 3.56. The Morgan fingerprint density at radius 1 is 1.53 bits per heavy atom. The third-order valence-corrected chi connectivity index (χ3v) is 5.40. The zero-order valence-electron chi connectivity index (χ0n) is 9.28. The summed E-state index contributed by atoms with van der Waals surface area (Å²) in [6.07, 6.45) is 1.85. The molecule has 2 unspecified atom stereocenters. The minimum Gasteiger partial charge on any atom is -0.208 e. The number of nitrogens with one attached hydrogen (secondary N) is 1. The Hall–Kier alpha value is -0.460. The van der Waals surface area contributed by atoms with E-state index in [1.54, 1.807) is 0 Å². The SMILES string of the molecule is CCC1CC1NS(=O)(=O)c1ccc(F)cc1Br. The standard InChI is InChI=1S/C11H13BrFNO2S/c1-2-7-5-10(7)14-17(15,16)11-4-3-8(13)6-9(11)12/h3-4,6-7,10,14H,2,5H2,1H3. The normalized spacial score (nSPS) is 23.7. The first-order chi connectivity index (χ1) is 7.94. The number of sulfonamides is 1. The molecule has 1 aromatic rings. The molecule has 1 aliphatic rings. The summed E-state index contributed by atoms with van der Waals surface area (Å²) in [7, 11) is -3.55. The van der Waals surface area contributed by atoms with Crippen molar-refractivity contribution in [3.63, 3.8) is 0 Å². The topological polar surface area (TPSA) is 46.2 Å². The van der Waals surface area contributed by atoms with Crippen molar-refractivity contribution in [1.82, 2.24) is 4.72 Å². The van der Waals surface area contributed by atoms with Gasteiger partial charge in [-0.2, -0.15) is 0 Å². The molecule has 1 fully saturated rings. The lowest BCUT2D eigenvalue weighted by Gasteiger charge is -2.08. The van der Waals surface area contributed by atoms with Gasteiger partial charge in [-0.05, 0) is 46.5 Å². The Morgan fingerprint density at radius 2 is 2.24 bits per heavy atom. The van der Waals surface area contributed by atoms with Crippen LogP contribution in [0.4, 0.5) is 4.39 Å². The summed E-state index contributed by atoms with van der Waals surface area (Å²) in [6, 6.07) is 3.59. The zero-order valence-corrected chi connectivity index (χ0v) is 11.7. The Morgan fingerprint density at radius 3 is 2.76 bits per heavy atom. The summed E-state index contributed by atoms with van der Waals surface area (Å²) in [4.78, 5) is 0.0839. The van der Waals surface area contributed by atoms with E-state index in [0.717, 1.165) is 25.0 Å². The van der Waals surface area contributed by atoms with E-state index in [9.17, 15) is 12.8 Å². The van der Waals surface area contributed by atoms with Gasteiger partial charge in [-0.25, -0.2) is 17.5 Å². The lowest BCUT2D eigenvalue weighted by atomic mass is 10.3. The Bertz CT molecular complexity index is 532. The molecule has 2 atom stereocenters. The van der Waals surface area contributed by atoms with Crippen LogP contribution in [0.1, 0.15) is 19.8 Å². The second-order valence-corrected chi connectivity index (χ2v) is 6.74. The van der Waals surface area contributed by atoms with Gasteiger partial charge >= 0.3 is 0 Å². The van der Waals surface area contributed by atoms with Crippen LogP contribution in [0.15, 0.2) is 27.6 Å². The summed E-state index contributed by atoms with van der Waals surface area (Å²) in [5, 5.41) is 0. The highest BCUT2D eigenvalue weighted by Gasteiger charge is 2.39. The van der Waals surface area contributed by atoms with E-state index in [2.05, 4.69) is 20.7 Å². The van der Waals surface area contributed by atoms with Gasteiger partial charge in [-0.15, -0.1) is 0 Å². The smallest absolute Gasteiger partial charge is 0.208 e. The van der Waals surface area contributed by atoms with Gasteiger partial charge in [0.2, 0.25) is 10.0 Å². The van der Waals surface area contributed by atoms with Crippen LogP contribution >= 0.6 is 15.9 Å². The van der Waals surface area contributed by atoms with Gasteiger partial charge in [-0.1, -0.05) is 13.3 Å². The molecule has 94 valence electrons. The van der Waals surface area contributed by atoms with Crippen LogP contribution in [-0.4, -0.2) is 14.5 Å². The first-order valence-corrected chi connectivity index (χ1v) is 7.69. The lowest BCUT2D eigenvalue weighted by molar-refractivity contribution is 0.574. The van der Waals surface area contributed by atoms with Gasteiger partial charge < -0.3 is 0 Å². The molecule has 1 aromatic carbocycles. The van der Waals surface area contributed by atoms with E-state index in [-0.39, 0.29) is 15.4 Å². The van der Waals surface area contributed by atoms with Crippen LogP contribution < -0.4 is 4.72 Å². The third kappa shape index (κ3) is 2.86. The van der Waals surface area contributed by atoms with Crippen molar-refractivity contribution in [2.75, 3.05) is 0 Å². The van der Waals surface area contributed by atoms with Gasteiger partial charge in [0, 0.05) is 10.5 Å². The van der Waals surface area contributed by atoms with E-state index in [4.69, 9.17) is 0 Å². The highest BCUT2D eigenvalue weighted by molar-refractivity contribution is 9.10. The maximum Gasteiger partial charge on any atom is 0.241 e. The zero-order chi connectivity index (χ0) is 12.6. The molecule has 0 spiro atoms. The Balaban J connectivity index is 2.20. The van der Waals surface area contributed by atoms with Crippen LogP contribution in [0.3, 0.4) is 0 Å². The minimum absolute atomic E-state index is 0.0296. The number of hydrogen-bond acceptors (Lipinski definition) is 2. The van der Waals surface area contributed by atoms with Crippen molar-refractivity contribution >= 4 is 26.0 Å². The van der Waals surface area contributed by atoms with Gasteiger partial charge in [0.15, 0.2) is 0 Å². The van der Waals surface area contributed by atoms with E-state index in [1.807, 2.05) is 6.92 Å². The molecule has 1 saturated carbocycles. The predicted octanol–water partition coefficient (Wildman–Crippen LogP) is 2.67. The molecule has 3 nitrogen and oxygen atoms in total. The maximum absolute atomic E-state index is 12.9. The molecule has 2 rings (SSSR count). The quantitative estimate of drug-likeness (QED) is 0.926. The molecule has 0 aliphatic heterocycles. The molecule has 0 heterocycles. The number of halogens is 2. The van der Waals surface area contributed by atoms with E-state index >= 15 is 0 Å². The van der Waals surface area contributed by atoms with Crippen molar-refractivity contribution in [3.8, 4) is 0 Å². The van der Waals surface area contributed by atoms with Crippen LogP contribution in [-0.2, 0) is 10.0 Å². The summed E-state index contributed by atoms with van der Waals surface area (Å²) in [5.41, 5.74) is 0. The Labute approximate surface area is 109 Å². The molecule has 1 aliphatic carbocycles. The summed E-state index contributed by atoms with van der Waals surface area (Å²) < 4.78 is 39.8. The highest BCUT2D eigenvalue weighted by atomic mass is 79.9. The number of rotatable bonds is 4. The second kappa shape index (κ2) is 4.66. The molecule has 17 heavy (non-hydrogen) atoms. The predicted molar refractivity (Wildman–Crippen MR) is 66.6 cm³/mol. The average Bonchev–Trinajstić information content (AvgIpc) is 2.94. The van der Waals surface area contributed by atoms with Gasteiger partial charge in [-0.3, -0.25) is 0 Å². The van der Waals surface area contributed by atoms with Crippen LogP contribution in [0.25, 0.3) is 0 Å². The first-order valence-electron chi connectivity index (χ1n) is 5.41. The van der Waals surface area contributed by atoms with Crippen LogP contribution in [0, 0.1) is 11.7 Å². The van der Waals surface area contributed by atoms with E-state index in [1.165, 1.54) is 6.07 Å². The van der Waals surface area contributed by atoms with Crippen molar-refractivity contribution in [1.29, 1.82) is 0 Å². The molecule has 0 radical (unpaired) electrons. The highest BCUT2D eigenvalue weighted by Crippen LogP contribution is 2.35. The first kappa shape index (κ1) is 13.0.